The fourth-order valence-corrected chi connectivity index (χ4v) is 2.98. The maximum absolute atomic E-state index is 12.8. The molecule has 3 aromatic rings. The van der Waals surface area contributed by atoms with Gasteiger partial charge in [0.1, 0.15) is 0 Å². The van der Waals surface area contributed by atoms with Gasteiger partial charge in [-0.05, 0) is 24.3 Å². The molecule has 10 nitrogen and oxygen atoms in total. The summed E-state index contributed by atoms with van der Waals surface area (Å²) >= 11 is 3.28. The van der Waals surface area contributed by atoms with E-state index in [1.807, 2.05) is 0 Å². The van der Waals surface area contributed by atoms with Crippen LogP contribution >= 0.6 is 15.9 Å². The van der Waals surface area contributed by atoms with Crippen molar-refractivity contribution >= 4 is 33.5 Å². The maximum atomic E-state index is 12.8. The molecule has 0 fully saturated rings. The van der Waals surface area contributed by atoms with Gasteiger partial charge in [-0.1, -0.05) is 15.9 Å². The lowest BCUT2D eigenvalue weighted by Crippen LogP contribution is -2.25. The monoisotopic (exact) mass is 489 g/mol. The van der Waals surface area contributed by atoms with E-state index in [-0.39, 0.29) is 22.7 Å². The molecule has 0 bridgehead atoms. The highest BCUT2D eigenvalue weighted by Crippen LogP contribution is 2.33. The van der Waals surface area contributed by atoms with E-state index < -0.39 is 28.9 Å². The van der Waals surface area contributed by atoms with E-state index in [9.17, 15) is 24.6 Å². The first-order valence-electron chi connectivity index (χ1n) is 8.65. The zero-order chi connectivity index (χ0) is 22.7. The third kappa shape index (κ3) is 4.51. The molecular weight excluding hydrogens is 474 g/mol. The number of rotatable bonds is 6. The van der Waals surface area contributed by atoms with E-state index in [1.165, 1.54) is 26.4 Å². The lowest BCUT2D eigenvalue weighted by molar-refractivity contribution is 0.0697. The smallest absolute Gasteiger partial charge is 0.337 e. The molecule has 31 heavy (non-hydrogen) atoms. The first-order chi connectivity index (χ1) is 14.7. The van der Waals surface area contributed by atoms with Crippen molar-refractivity contribution in [2.75, 3.05) is 19.5 Å². The third-order valence-electron chi connectivity index (χ3n) is 4.20. The SMILES string of the molecule is COc1cc(NC(=O)c2nn(-c3ccc(Br)cc3)c(=O)cc2O)c(C(=O)O)cc1OC. The first-order valence-corrected chi connectivity index (χ1v) is 9.44. The highest BCUT2D eigenvalue weighted by Gasteiger charge is 2.22. The quantitative estimate of drug-likeness (QED) is 0.479. The number of carbonyl (C=O) groups is 2. The number of nitrogens with zero attached hydrogens (tertiary/aromatic N) is 2. The third-order valence-corrected chi connectivity index (χ3v) is 4.73. The molecule has 1 amide bonds. The Labute approximate surface area is 183 Å². The lowest BCUT2D eigenvalue weighted by atomic mass is 10.1. The Morgan fingerprint density at radius 1 is 1.06 bits per heavy atom. The van der Waals surface area contributed by atoms with Crippen LogP contribution in [0.5, 0.6) is 17.2 Å². The summed E-state index contributed by atoms with van der Waals surface area (Å²) in [7, 11) is 2.69. The molecule has 1 aromatic heterocycles. The number of aromatic carboxylic acids is 1. The molecule has 3 rings (SSSR count). The molecule has 0 aliphatic rings. The lowest BCUT2D eigenvalue weighted by Gasteiger charge is -2.14. The van der Waals surface area contributed by atoms with Gasteiger partial charge in [0.15, 0.2) is 22.9 Å². The van der Waals surface area contributed by atoms with Crippen molar-refractivity contribution in [2.45, 2.75) is 0 Å². The van der Waals surface area contributed by atoms with Crippen LogP contribution < -0.4 is 20.3 Å². The van der Waals surface area contributed by atoms with Crippen molar-refractivity contribution in [2.24, 2.45) is 0 Å². The van der Waals surface area contributed by atoms with Crippen molar-refractivity contribution in [1.29, 1.82) is 0 Å². The van der Waals surface area contributed by atoms with Gasteiger partial charge >= 0.3 is 5.97 Å². The number of anilines is 1. The second-order valence-corrected chi connectivity index (χ2v) is 7.03. The minimum Gasteiger partial charge on any atom is -0.505 e. The van der Waals surface area contributed by atoms with Gasteiger partial charge in [-0.2, -0.15) is 9.78 Å². The van der Waals surface area contributed by atoms with Crippen LogP contribution in [0.1, 0.15) is 20.8 Å². The zero-order valence-corrected chi connectivity index (χ0v) is 17.8. The van der Waals surface area contributed by atoms with E-state index in [0.29, 0.717) is 5.69 Å². The summed E-state index contributed by atoms with van der Waals surface area (Å²) in [5.74, 6) is -2.58. The van der Waals surface area contributed by atoms with Crippen LogP contribution in [-0.2, 0) is 0 Å². The Morgan fingerprint density at radius 3 is 2.26 bits per heavy atom. The number of ether oxygens (including phenoxy) is 2. The van der Waals surface area contributed by atoms with E-state index in [4.69, 9.17) is 9.47 Å². The van der Waals surface area contributed by atoms with Gasteiger partial charge in [-0.15, -0.1) is 0 Å². The fourth-order valence-electron chi connectivity index (χ4n) is 2.72. The predicted octanol–water partition coefficient (Wildman–Crippen LogP) is 2.67. The normalized spacial score (nSPS) is 10.4. The average molecular weight is 490 g/mol. The summed E-state index contributed by atoms with van der Waals surface area (Å²) in [6.07, 6.45) is 0. The number of carboxylic acid groups (broad SMARTS) is 1. The van der Waals surface area contributed by atoms with Gasteiger partial charge < -0.3 is 25.0 Å². The predicted molar refractivity (Wildman–Crippen MR) is 114 cm³/mol. The molecule has 0 aliphatic carbocycles. The number of hydrogen-bond acceptors (Lipinski definition) is 7. The molecule has 0 unspecified atom stereocenters. The van der Waals surface area contributed by atoms with Crippen molar-refractivity contribution in [3.05, 3.63) is 68.5 Å². The Balaban J connectivity index is 2.04. The summed E-state index contributed by atoms with van der Waals surface area (Å²) in [5.41, 5.74) is -1.16. The maximum Gasteiger partial charge on any atom is 0.337 e. The van der Waals surface area contributed by atoms with Gasteiger partial charge in [-0.25, -0.2) is 4.79 Å². The van der Waals surface area contributed by atoms with Crippen molar-refractivity contribution < 1.29 is 29.3 Å². The number of nitrogens with one attached hydrogen (secondary N) is 1. The molecule has 0 radical (unpaired) electrons. The number of benzene rings is 2. The molecule has 0 spiro atoms. The highest BCUT2D eigenvalue weighted by atomic mass is 79.9. The Bertz CT molecular complexity index is 1220. The Morgan fingerprint density at radius 2 is 1.68 bits per heavy atom. The van der Waals surface area contributed by atoms with Gasteiger partial charge in [0.05, 0.1) is 31.2 Å². The fraction of sp³-hybridized carbons (Fsp3) is 0.100. The van der Waals surface area contributed by atoms with Crippen LogP contribution in [0.25, 0.3) is 5.69 Å². The largest absolute Gasteiger partial charge is 0.505 e. The van der Waals surface area contributed by atoms with Crippen LogP contribution in [-0.4, -0.2) is 46.1 Å². The molecule has 3 N–H and O–H groups in total. The van der Waals surface area contributed by atoms with Crippen LogP contribution in [0.15, 0.2) is 51.7 Å². The average Bonchev–Trinajstić information content (AvgIpc) is 2.74. The summed E-state index contributed by atoms with van der Waals surface area (Å²) in [6.45, 7) is 0. The molecule has 0 atom stereocenters. The van der Waals surface area contributed by atoms with Gasteiger partial charge in [0, 0.05) is 22.7 Å². The van der Waals surface area contributed by atoms with Crippen molar-refractivity contribution in [3.8, 4) is 22.9 Å². The van der Waals surface area contributed by atoms with Crippen LogP contribution in [0.3, 0.4) is 0 Å². The number of aromatic nitrogens is 2. The highest BCUT2D eigenvalue weighted by molar-refractivity contribution is 9.10. The molecule has 11 heteroatoms. The minimum atomic E-state index is -1.33. The summed E-state index contributed by atoms with van der Waals surface area (Å²) in [6, 6.07) is 9.84. The van der Waals surface area contributed by atoms with Gasteiger partial charge in [0.25, 0.3) is 11.5 Å². The molecule has 0 aliphatic heterocycles. The van der Waals surface area contributed by atoms with E-state index in [0.717, 1.165) is 15.2 Å². The number of carbonyl (C=O) groups excluding carboxylic acids is 1. The number of hydrogen-bond donors (Lipinski definition) is 3. The van der Waals surface area contributed by atoms with Gasteiger partial charge in [-0.3, -0.25) is 9.59 Å². The van der Waals surface area contributed by atoms with Crippen LogP contribution in [0.2, 0.25) is 0 Å². The number of carboxylic acids is 1. The standard InChI is InChI=1S/C20H16BrN3O7/c1-30-15-7-12(20(28)29)13(8-16(15)31-2)22-19(27)18-14(25)9-17(26)24(23-18)11-5-3-10(21)4-6-11/h3-9,25H,1-2H3,(H,22,27)(H,28,29). The number of aromatic hydroxyl groups is 1. The number of methoxy groups -OCH3 is 2. The topological polar surface area (TPSA) is 140 Å². The van der Waals surface area contributed by atoms with Crippen molar-refractivity contribution in [3.63, 3.8) is 0 Å². The van der Waals surface area contributed by atoms with Crippen LogP contribution in [0, 0.1) is 0 Å². The van der Waals surface area contributed by atoms with E-state index >= 15 is 0 Å². The van der Waals surface area contributed by atoms with E-state index in [1.54, 1.807) is 24.3 Å². The summed E-state index contributed by atoms with van der Waals surface area (Å²) in [4.78, 5) is 36.7. The van der Waals surface area contributed by atoms with Gasteiger partial charge in [0.2, 0.25) is 0 Å². The molecule has 0 saturated heterocycles. The second-order valence-electron chi connectivity index (χ2n) is 6.12. The second kappa shape index (κ2) is 8.88. The van der Waals surface area contributed by atoms with Crippen molar-refractivity contribution in [1.82, 2.24) is 9.78 Å². The summed E-state index contributed by atoms with van der Waals surface area (Å²) in [5, 5.41) is 25.9. The zero-order valence-electron chi connectivity index (χ0n) is 16.2. The molecule has 2 aromatic carbocycles. The minimum absolute atomic E-state index is 0.113. The van der Waals surface area contributed by atoms with E-state index in [2.05, 4.69) is 26.3 Å². The number of amides is 1. The number of halogens is 1. The summed E-state index contributed by atoms with van der Waals surface area (Å²) < 4.78 is 11.9. The Hall–Kier alpha value is -3.86. The first kappa shape index (κ1) is 21.8. The molecular formula is C20H16BrN3O7. The molecule has 1 heterocycles. The molecule has 0 saturated carbocycles. The van der Waals surface area contributed by atoms with Crippen LogP contribution in [0.4, 0.5) is 5.69 Å². The molecule has 160 valence electrons. The Kier molecular flexibility index (Phi) is 6.25.